The second-order valence-electron chi connectivity index (χ2n) is 5.50. The van der Waals surface area contributed by atoms with Crippen molar-refractivity contribution in [3.05, 3.63) is 30.0 Å². The molecule has 1 N–H and O–H groups in total. The summed E-state index contributed by atoms with van der Waals surface area (Å²) in [6.45, 7) is 1.29. The van der Waals surface area contributed by atoms with Gasteiger partial charge in [-0.05, 0) is 36.1 Å². The molecule has 1 saturated carbocycles. The van der Waals surface area contributed by atoms with Gasteiger partial charge in [-0.25, -0.2) is 4.98 Å². The average Bonchev–Trinajstić information content (AvgIpc) is 3.40. The molecule has 0 amide bonds. The van der Waals surface area contributed by atoms with Crippen molar-refractivity contribution in [1.29, 1.82) is 0 Å². The third-order valence-corrected chi connectivity index (χ3v) is 3.67. The van der Waals surface area contributed by atoms with E-state index in [1.54, 1.807) is 7.11 Å². The van der Waals surface area contributed by atoms with E-state index in [2.05, 4.69) is 22.4 Å². The van der Waals surface area contributed by atoms with Crippen molar-refractivity contribution < 1.29 is 14.3 Å². The molecule has 0 aromatic carbocycles. The van der Waals surface area contributed by atoms with E-state index in [1.165, 1.54) is 5.57 Å². The molecular weight excluding hydrogens is 280 g/mol. The lowest BCUT2D eigenvalue weighted by Crippen LogP contribution is -2.23. The fraction of sp³-hybridized carbons (Fsp3) is 0.529. The summed E-state index contributed by atoms with van der Waals surface area (Å²) in [4.78, 5) is 13.9. The molecule has 1 fully saturated rings. The van der Waals surface area contributed by atoms with Gasteiger partial charge in [0.2, 0.25) is 0 Å². The predicted molar refractivity (Wildman–Crippen MR) is 86.8 cm³/mol. The van der Waals surface area contributed by atoms with Crippen LogP contribution in [-0.2, 0) is 14.3 Å². The zero-order valence-electron chi connectivity index (χ0n) is 13.2. The van der Waals surface area contributed by atoms with E-state index in [0.29, 0.717) is 19.1 Å². The lowest BCUT2D eigenvalue weighted by molar-refractivity contribution is -0.108. The summed E-state index contributed by atoms with van der Waals surface area (Å²) in [5.41, 5.74) is 2.45. The third-order valence-electron chi connectivity index (χ3n) is 3.67. The van der Waals surface area contributed by atoms with Crippen molar-refractivity contribution in [2.45, 2.75) is 25.4 Å². The van der Waals surface area contributed by atoms with E-state index in [0.717, 1.165) is 36.9 Å². The Balaban J connectivity index is 0.000000299. The number of carbonyl (C=O) groups is 1. The molecule has 1 atom stereocenters. The van der Waals surface area contributed by atoms with E-state index in [9.17, 15) is 4.79 Å². The first kappa shape index (κ1) is 16.6. The van der Waals surface area contributed by atoms with E-state index >= 15 is 0 Å². The molecule has 1 aromatic rings. The highest BCUT2D eigenvalue weighted by atomic mass is 16.5. The van der Waals surface area contributed by atoms with Gasteiger partial charge in [0, 0.05) is 32.7 Å². The van der Waals surface area contributed by atoms with Crippen LogP contribution in [0.25, 0.3) is 5.57 Å². The quantitative estimate of drug-likeness (QED) is 0.847. The lowest BCUT2D eigenvalue weighted by Gasteiger charge is -2.22. The predicted octanol–water partition coefficient (Wildman–Crippen LogP) is 2.54. The fourth-order valence-electron chi connectivity index (χ4n) is 2.16. The van der Waals surface area contributed by atoms with Crippen LogP contribution in [0.2, 0.25) is 0 Å². The number of aromatic nitrogens is 1. The van der Waals surface area contributed by atoms with Crippen molar-refractivity contribution in [2.24, 2.45) is 5.92 Å². The average molecular weight is 304 g/mol. The number of nitrogens with zero attached hydrogens (tertiary/aromatic N) is 1. The minimum Gasteiger partial charge on any atom is -0.382 e. The zero-order valence-corrected chi connectivity index (χ0v) is 13.2. The van der Waals surface area contributed by atoms with Gasteiger partial charge in [-0.3, -0.25) is 0 Å². The second kappa shape index (κ2) is 8.66. The summed E-state index contributed by atoms with van der Waals surface area (Å²) in [5.74, 6) is 1.34. The number of methoxy groups -OCH3 is 1. The SMILES string of the molecule is CNc1ccc(C2=CCOC(COC)C2)cn1.O=CC1CC1. The zero-order chi connectivity index (χ0) is 15.8. The van der Waals surface area contributed by atoms with Gasteiger partial charge in [0.05, 0.1) is 19.3 Å². The molecule has 0 saturated heterocycles. The van der Waals surface area contributed by atoms with Crippen LogP contribution in [0.4, 0.5) is 5.82 Å². The molecule has 3 rings (SSSR count). The Kier molecular flexibility index (Phi) is 6.55. The van der Waals surface area contributed by atoms with Gasteiger partial charge in [-0.1, -0.05) is 6.08 Å². The molecule has 1 unspecified atom stereocenters. The first-order valence-corrected chi connectivity index (χ1v) is 7.65. The number of nitrogens with one attached hydrogen (secondary N) is 1. The third kappa shape index (κ3) is 5.24. The second-order valence-corrected chi connectivity index (χ2v) is 5.50. The van der Waals surface area contributed by atoms with Crippen LogP contribution in [0.15, 0.2) is 24.4 Å². The van der Waals surface area contributed by atoms with Crippen molar-refractivity contribution in [3.8, 4) is 0 Å². The number of aldehydes is 1. The summed E-state index contributed by atoms with van der Waals surface area (Å²) in [7, 11) is 3.56. The maximum Gasteiger partial charge on any atom is 0.125 e. The molecule has 5 heteroatoms. The van der Waals surface area contributed by atoms with E-state index in [-0.39, 0.29) is 6.10 Å². The number of pyridine rings is 1. The number of ether oxygens (including phenoxy) is 2. The minimum atomic E-state index is 0.156. The maximum atomic E-state index is 9.57. The highest BCUT2D eigenvalue weighted by Crippen LogP contribution is 2.25. The van der Waals surface area contributed by atoms with Crippen LogP contribution in [-0.4, -0.2) is 44.7 Å². The van der Waals surface area contributed by atoms with Crippen molar-refractivity contribution in [1.82, 2.24) is 4.98 Å². The Hall–Kier alpha value is -1.72. The number of hydrogen-bond acceptors (Lipinski definition) is 5. The van der Waals surface area contributed by atoms with E-state index in [4.69, 9.17) is 9.47 Å². The van der Waals surface area contributed by atoms with Crippen LogP contribution in [0.1, 0.15) is 24.8 Å². The van der Waals surface area contributed by atoms with Crippen LogP contribution < -0.4 is 5.32 Å². The van der Waals surface area contributed by atoms with Crippen LogP contribution in [0.5, 0.6) is 0 Å². The summed E-state index contributed by atoms with van der Waals surface area (Å²) in [5, 5.41) is 3.01. The topological polar surface area (TPSA) is 60.4 Å². The largest absolute Gasteiger partial charge is 0.382 e. The number of rotatable bonds is 5. The maximum absolute atomic E-state index is 9.57. The molecule has 1 aromatic heterocycles. The van der Waals surface area contributed by atoms with E-state index in [1.807, 2.05) is 19.3 Å². The van der Waals surface area contributed by atoms with Crippen molar-refractivity contribution in [3.63, 3.8) is 0 Å². The van der Waals surface area contributed by atoms with Crippen molar-refractivity contribution >= 4 is 17.7 Å². The Bertz CT molecular complexity index is 495. The summed E-state index contributed by atoms with van der Waals surface area (Å²) in [6.07, 6.45) is 8.36. The molecule has 1 aliphatic heterocycles. The molecule has 5 nitrogen and oxygen atoms in total. The highest BCUT2D eigenvalue weighted by molar-refractivity contribution is 5.66. The van der Waals surface area contributed by atoms with Crippen molar-refractivity contribution in [2.75, 3.05) is 32.7 Å². The summed E-state index contributed by atoms with van der Waals surface area (Å²) >= 11 is 0. The van der Waals surface area contributed by atoms with Crippen LogP contribution >= 0.6 is 0 Å². The van der Waals surface area contributed by atoms with Gasteiger partial charge in [0.25, 0.3) is 0 Å². The minimum absolute atomic E-state index is 0.156. The molecule has 0 spiro atoms. The van der Waals surface area contributed by atoms with Gasteiger partial charge >= 0.3 is 0 Å². The van der Waals surface area contributed by atoms with E-state index < -0.39 is 0 Å². The Morgan fingerprint density at radius 3 is 2.77 bits per heavy atom. The molecule has 2 aliphatic rings. The molecule has 22 heavy (non-hydrogen) atoms. The number of carbonyl (C=O) groups excluding carboxylic acids is 1. The summed E-state index contributed by atoms with van der Waals surface area (Å²) in [6, 6.07) is 4.07. The Morgan fingerprint density at radius 1 is 1.45 bits per heavy atom. The number of anilines is 1. The standard InChI is InChI=1S/C13H18N2O2.C4H6O/c1-14-13-4-3-11(8-15-13)10-5-6-17-12(7-10)9-16-2;5-3-4-1-2-4/h3-5,8,12H,6-7,9H2,1-2H3,(H,14,15);3-4H,1-2H2. The lowest BCUT2D eigenvalue weighted by atomic mass is 9.99. The Labute approximate surface area is 131 Å². The fourth-order valence-corrected chi connectivity index (χ4v) is 2.16. The monoisotopic (exact) mass is 304 g/mol. The van der Waals surface area contributed by atoms with Gasteiger partial charge in [0.1, 0.15) is 12.1 Å². The molecular formula is C17H24N2O3. The normalized spacial score (nSPS) is 20.5. The highest BCUT2D eigenvalue weighted by Gasteiger charge is 2.19. The molecule has 2 heterocycles. The first-order chi connectivity index (χ1) is 10.8. The van der Waals surface area contributed by atoms with Crippen LogP contribution in [0, 0.1) is 5.92 Å². The molecule has 0 bridgehead atoms. The Morgan fingerprint density at radius 2 is 2.27 bits per heavy atom. The van der Waals surface area contributed by atoms with Gasteiger partial charge in [-0.15, -0.1) is 0 Å². The van der Waals surface area contributed by atoms with Gasteiger partial charge in [0.15, 0.2) is 0 Å². The molecule has 0 radical (unpaired) electrons. The van der Waals surface area contributed by atoms with Gasteiger partial charge in [-0.2, -0.15) is 0 Å². The van der Waals surface area contributed by atoms with Gasteiger partial charge < -0.3 is 19.6 Å². The molecule has 120 valence electrons. The summed E-state index contributed by atoms with van der Waals surface area (Å²) < 4.78 is 10.7. The molecule has 1 aliphatic carbocycles. The first-order valence-electron chi connectivity index (χ1n) is 7.65. The number of hydrogen-bond donors (Lipinski definition) is 1. The smallest absolute Gasteiger partial charge is 0.125 e. The van der Waals surface area contributed by atoms with Crippen LogP contribution in [0.3, 0.4) is 0 Å².